The lowest BCUT2D eigenvalue weighted by atomic mass is 10.0. The first-order chi connectivity index (χ1) is 17.1. The molecule has 4 atom stereocenters. The molecule has 2 heterocycles. The summed E-state index contributed by atoms with van der Waals surface area (Å²) in [5.74, 6) is -2.17. The minimum atomic E-state index is -4.63. The Morgan fingerprint density at radius 2 is 1.69 bits per heavy atom. The molecule has 4 fully saturated rings. The molecule has 4 unspecified atom stereocenters. The lowest BCUT2D eigenvalue weighted by molar-refractivity contribution is -0.130. The van der Waals surface area contributed by atoms with Gasteiger partial charge < -0.3 is 19.4 Å². The Morgan fingerprint density at radius 3 is 2.31 bits per heavy atom. The zero-order chi connectivity index (χ0) is 25.2. The maximum atomic E-state index is 14.6. The number of ether oxygens (including phenoxy) is 1. The Balaban J connectivity index is 1.20. The Hall–Kier alpha value is -2.85. The number of halogens is 5. The van der Waals surface area contributed by atoms with Gasteiger partial charge in [-0.2, -0.15) is 18.2 Å². The number of oxazole rings is 1. The van der Waals surface area contributed by atoms with E-state index in [1.807, 2.05) is 0 Å². The second-order valence-electron chi connectivity index (χ2n) is 10.6. The van der Waals surface area contributed by atoms with Crippen LogP contribution >= 0.6 is 0 Å². The third-order valence-electron chi connectivity index (χ3n) is 8.00. The smallest absolute Gasteiger partial charge is 0.396 e. The van der Waals surface area contributed by atoms with Crippen molar-refractivity contribution in [2.45, 2.75) is 57.2 Å². The molecule has 6 nitrogen and oxygen atoms in total. The zero-order valence-electron chi connectivity index (χ0n) is 19.4. The first-order valence-electron chi connectivity index (χ1n) is 12.4. The van der Waals surface area contributed by atoms with Crippen LogP contribution in [0.1, 0.15) is 54.8 Å². The zero-order valence-corrected chi connectivity index (χ0v) is 19.4. The predicted molar refractivity (Wildman–Crippen MR) is 119 cm³/mol. The number of nitrogens with zero attached hydrogens (tertiary/aromatic N) is 2. The molecule has 4 aliphatic rings. The van der Waals surface area contributed by atoms with Crippen LogP contribution in [0.15, 0.2) is 16.5 Å². The quantitative estimate of drug-likeness (QED) is 0.503. The van der Waals surface area contributed by atoms with Gasteiger partial charge >= 0.3 is 6.18 Å². The summed E-state index contributed by atoms with van der Waals surface area (Å²) in [6.07, 6.45) is -0.495. The highest BCUT2D eigenvalue weighted by Crippen LogP contribution is 2.52. The van der Waals surface area contributed by atoms with Gasteiger partial charge in [0.25, 0.3) is 11.9 Å². The van der Waals surface area contributed by atoms with Crippen LogP contribution in [0.4, 0.5) is 33.7 Å². The third kappa shape index (κ3) is 4.64. The number of benzene rings is 1. The molecule has 3 aliphatic carbocycles. The van der Waals surface area contributed by atoms with Gasteiger partial charge in [-0.3, -0.25) is 4.79 Å². The molecule has 1 N–H and O–H groups in total. The molecule has 11 heteroatoms. The van der Waals surface area contributed by atoms with Crippen molar-refractivity contribution in [2.24, 2.45) is 23.7 Å². The highest BCUT2D eigenvalue weighted by molar-refractivity contribution is 6.03. The van der Waals surface area contributed by atoms with Gasteiger partial charge in [-0.25, -0.2) is 8.78 Å². The van der Waals surface area contributed by atoms with Crippen molar-refractivity contribution in [2.75, 3.05) is 23.3 Å². The number of fused-ring (bicyclic) bond motifs is 2. The molecular formula is C25H26F5N3O3. The number of hydrogen-bond donors (Lipinski definition) is 1. The standard InChI is InChI=1S/C25H26F5N3O3/c26-18-7-16(8-19(27)22(18)35-17-5-14-4-15(14)6-17)31-23(34)21-20(9-25(28,29)30)36-24(32-21)33-10-12-2-1-3-13(12)11-33/h7-8,12-15,17H,1-6,9-11H2,(H,31,34). The Labute approximate surface area is 204 Å². The van der Waals surface area contributed by atoms with E-state index in [0.29, 0.717) is 36.8 Å². The topological polar surface area (TPSA) is 67.6 Å². The first kappa shape index (κ1) is 23.5. The number of rotatable bonds is 6. The number of alkyl halides is 3. The molecule has 6 rings (SSSR count). The molecule has 1 aromatic carbocycles. The van der Waals surface area contributed by atoms with E-state index in [-0.39, 0.29) is 17.8 Å². The summed E-state index contributed by atoms with van der Waals surface area (Å²) in [6, 6.07) is 1.74. The lowest BCUT2D eigenvalue weighted by Gasteiger charge is -2.17. The van der Waals surface area contributed by atoms with Crippen LogP contribution in [0.5, 0.6) is 5.75 Å². The largest absolute Gasteiger partial charge is 0.484 e. The van der Waals surface area contributed by atoms with Crippen LogP contribution in [-0.2, 0) is 6.42 Å². The number of amides is 1. The van der Waals surface area contributed by atoms with Crippen molar-refractivity contribution in [3.05, 3.63) is 35.2 Å². The highest BCUT2D eigenvalue weighted by Gasteiger charge is 2.47. The summed E-state index contributed by atoms with van der Waals surface area (Å²) >= 11 is 0. The van der Waals surface area contributed by atoms with Crippen molar-refractivity contribution >= 4 is 17.6 Å². The van der Waals surface area contributed by atoms with Crippen molar-refractivity contribution in [3.8, 4) is 5.75 Å². The lowest BCUT2D eigenvalue weighted by Crippen LogP contribution is -2.21. The average molecular weight is 511 g/mol. The van der Waals surface area contributed by atoms with E-state index < -0.39 is 47.3 Å². The number of nitrogens with one attached hydrogen (secondary N) is 1. The van der Waals surface area contributed by atoms with Gasteiger partial charge in [0.2, 0.25) is 0 Å². The molecule has 3 saturated carbocycles. The van der Waals surface area contributed by atoms with Gasteiger partial charge in [0.1, 0.15) is 12.2 Å². The number of carbonyl (C=O) groups is 1. The summed E-state index contributed by atoms with van der Waals surface area (Å²) in [5.41, 5.74) is -0.805. The van der Waals surface area contributed by atoms with E-state index in [0.717, 1.165) is 50.7 Å². The van der Waals surface area contributed by atoms with Crippen molar-refractivity contribution < 1.29 is 35.9 Å². The van der Waals surface area contributed by atoms with Gasteiger partial charge in [-0.15, -0.1) is 0 Å². The number of hydrogen-bond acceptors (Lipinski definition) is 5. The summed E-state index contributed by atoms with van der Waals surface area (Å²) in [6.45, 7) is 1.22. The fourth-order valence-electron chi connectivity index (χ4n) is 6.20. The Morgan fingerprint density at radius 1 is 1.06 bits per heavy atom. The van der Waals surface area contributed by atoms with Crippen molar-refractivity contribution in [1.82, 2.24) is 4.98 Å². The molecule has 2 aromatic rings. The average Bonchev–Trinajstić information content (AvgIpc) is 3.22. The minimum Gasteiger partial charge on any atom is -0.484 e. The van der Waals surface area contributed by atoms with Crippen LogP contribution in [0, 0.1) is 35.3 Å². The van der Waals surface area contributed by atoms with Gasteiger partial charge in [-0.05, 0) is 55.8 Å². The molecule has 194 valence electrons. The van der Waals surface area contributed by atoms with Gasteiger partial charge in [-0.1, -0.05) is 6.42 Å². The van der Waals surface area contributed by atoms with Gasteiger partial charge in [0.15, 0.2) is 23.1 Å². The van der Waals surface area contributed by atoms with Crippen molar-refractivity contribution in [1.29, 1.82) is 0 Å². The van der Waals surface area contributed by atoms with Crippen LogP contribution < -0.4 is 15.0 Å². The maximum absolute atomic E-state index is 14.6. The number of aromatic nitrogens is 1. The molecule has 0 spiro atoms. The second-order valence-corrected chi connectivity index (χ2v) is 10.6. The molecule has 0 bridgehead atoms. The number of carbonyl (C=O) groups excluding carboxylic acids is 1. The van der Waals surface area contributed by atoms with E-state index in [2.05, 4.69) is 10.3 Å². The second kappa shape index (κ2) is 8.62. The van der Waals surface area contributed by atoms with E-state index in [1.165, 1.54) is 0 Å². The Bertz CT molecular complexity index is 1140. The van der Waals surface area contributed by atoms with Crippen LogP contribution in [0.25, 0.3) is 0 Å². The molecule has 1 amide bonds. The van der Waals surface area contributed by atoms with Crippen LogP contribution in [-0.4, -0.2) is 36.3 Å². The third-order valence-corrected chi connectivity index (χ3v) is 8.00. The van der Waals surface area contributed by atoms with Gasteiger partial charge in [0, 0.05) is 30.9 Å². The normalized spacial score (nSPS) is 28.8. The van der Waals surface area contributed by atoms with Crippen LogP contribution in [0.3, 0.4) is 0 Å². The number of anilines is 2. The fraction of sp³-hybridized carbons (Fsp3) is 0.600. The summed E-state index contributed by atoms with van der Waals surface area (Å²) in [7, 11) is 0. The predicted octanol–water partition coefficient (Wildman–Crippen LogP) is 5.72. The Kier molecular flexibility index (Phi) is 5.64. The molecule has 0 radical (unpaired) electrons. The monoisotopic (exact) mass is 511 g/mol. The fourth-order valence-corrected chi connectivity index (χ4v) is 6.20. The first-order valence-corrected chi connectivity index (χ1v) is 12.4. The van der Waals surface area contributed by atoms with Crippen LogP contribution in [0.2, 0.25) is 0 Å². The molecule has 1 saturated heterocycles. The maximum Gasteiger partial charge on any atom is 0.396 e. The minimum absolute atomic E-state index is 0.0375. The van der Waals surface area contributed by atoms with Gasteiger partial charge in [0.05, 0.1) is 6.10 Å². The molecule has 1 aromatic heterocycles. The SMILES string of the molecule is O=C(Nc1cc(F)c(OC2CC3CC3C2)c(F)c1)c1nc(N2CC3CCCC3C2)oc1CC(F)(F)F. The van der Waals surface area contributed by atoms with E-state index in [4.69, 9.17) is 9.15 Å². The van der Waals surface area contributed by atoms with Crippen molar-refractivity contribution in [3.63, 3.8) is 0 Å². The molecular weight excluding hydrogens is 485 g/mol. The van der Waals surface area contributed by atoms with E-state index in [9.17, 15) is 26.7 Å². The summed E-state index contributed by atoms with van der Waals surface area (Å²) in [4.78, 5) is 18.7. The summed E-state index contributed by atoms with van der Waals surface area (Å²) in [5, 5.41) is 2.26. The highest BCUT2D eigenvalue weighted by atomic mass is 19.4. The molecule has 1 aliphatic heterocycles. The molecule has 36 heavy (non-hydrogen) atoms. The van der Waals surface area contributed by atoms with E-state index >= 15 is 0 Å². The summed E-state index contributed by atoms with van der Waals surface area (Å²) < 4.78 is 79.8. The van der Waals surface area contributed by atoms with E-state index in [1.54, 1.807) is 4.90 Å².